The minimum absolute atomic E-state index is 0.811. The summed E-state index contributed by atoms with van der Waals surface area (Å²) in [7, 11) is 4.13. The predicted molar refractivity (Wildman–Crippen MR) is 58.0 cm³/mol. The molecule has 0 fully saturated rings. The lowest BCUT2D eigenvalue weighted by molar-refractivity contribution is 0.400. The van der Waals surface area contributed by atoms with Crippen LogP contribution in [0.25, 0.3) is 0 Å². The molecule has 14 heavy (non-hydrogen) atoms. The van der Waals surface area contributed by atoms with Crippen LogP contribution in [-0.2, 0) is 6.42 Å². The molecule has 0 saturated carbocycles. The summed E-state index contributed by atoms with van der Waals surface area (Å²) in [4.78, 5) is 2.16. The molecule has 0 radical (unpaired) electrons. The van der Waals surface area contributed by atoms with Gasteiger partial charge in [0.2, 0.25) is 0 Å². The van der Waals surface area contributed by atoms with Crippen molar-refractivity contribution in [1.82, 2.24) is 4.90 Å². The van der Waals surface area contributed by atoms with Crippen molar-refractivity contribution in [3.05, 3.63) is 35.4 Å². The Morgan fingerprint density at radius 1 is 1.29 bits per heavy atom. The molecule has 0 N–H and O–H groups in total. The zero-order chi connectivity index (χ0) is 10.4. The Bertz CT molecular complexity index is 323. The molecule has 0 bridgehead atoms. The molecule has 0 aliphatic carbocycles. The highest BCUT2D eigenvalue weighted by Crippen LogP contribution is 2.09. The first-order chi connectivity index (χ1) is 6.74. The molecule has 1 rings (SSSR count). The van der Waals surface area contributed by atoms with Crippen LogP contribution >= 0.6 is 0 Å². The van der Waals surface area contributed by atoms with Crippen LogP contribution in [0.15, 0.2) is 24.3 Å². The molecule has 0 aliphatic heterocycles. The van der Waals surface area contributed by atoms with Gasteiger partial charge in [-0.05, 0) is 45.1 Å². The fourth-order valence-corrected chi connectivity index (χ4v) is 1.43. The maximum atomic E-state index is 8.87. The Kier molecular flexibility index (Phi) is 4.15. The van der Waals surface area contributed by atoms with Gasteiger partial charge in [0.1, 0.15) is 0 Å². The van der Waals surface area contributed by atoms with Gasteiger partial charge in [-0.2, -0.15) is 5.26 Å². The number of nitriles is 1. The van der Waals surface area contributed by atoms with Gasteiger partial charge in [-0.15, -0.1) is 0 Å². The van der Waals surface area contributed by atoms with Crippen LogP contribution < -0.4 is 0 Å². The Morgan fingerprint density at radius 2 is 2.00 bits per heavy atom. The number of hydrogen-bond donors (Lipinski definition) is 0. The van der Waals surface area contributed by atoms with E-state index >= 15 is 0 Å². The number of aryl methyl sites for hydroxylation is 1. The first-order valence-corrected chi connectivity index (χ1v) is 4.87. The fourth-order valence-electron chi connectivity index (χ4n) is 1.43. The Hall–Kier alpha value is -1.33. The fraction of sp³-hybridized carbons (Fsp3) is 0.417. The van der Waals surface area contributed by atoms with Gasteiger partial charge in [0, 0.05) is 0 Å². The number of nitrogens with zero attached hydrogens (tertiary/aromatic N) is 2. The zero-order valence-corrected chi connectivity index (χ0v) is 8.83. The summed E-state index contributed by atoms with van der Waals surface area (Å²) in [5.41, 5.74) is 1.98. The van der Waals surface area contributed by atoms with Crippen LogP contribution in [0.4, 0.5) is 0 Å². The highest BCUT2D eigenvalue weighted by molar-refractivity contribution is 5.37. The summed E-state index contributed by atoms with van der Waals surface area (Å²) in [5, 5.41) is 8.87. The van der Waals surface area contributed by atoms with Crippen molar-refractivity contribution in [3.63, 3.8) is 0 Å². The predicted octanol–water partition coefficient (Wildman–Crippen LogP) is 2.05. The van der Waals surface area contributed by atoms with Crippen molar-refractivity contribution in [3.8, 4) is 6.07 Å². The second kappa shape index (κ2) is 5.41. The van der Waals surface area contributed by atoms with E-state index < -0.39 is 0 Å². The van der Waals surface area contributed by atoms with E-state index in [2.05, 4.69) is 25.1 Å². The molecular weight excluding hydrogens is 172 g/mol. The monoisotopic (exact) mass is 188 g/mol. The van der Waals surface area contributed by atoms with Gasteiger partial charge in [-0.1, -0.05) is 18.2 Å². The van der Waals surface area contributed by atoms with E-state index in [1.54, 1.807) is 0 Å². The van der Waals surface area contributed by atoms with Gasteiger partial charge in [0.05, 0.1) is 11.6 Å². The first kappa shape index (κ1) is 10.7. The lowest BCUT2D eigenvalue weighted by Gasteiger charge is -2.09. The van der Waals surface area contributed by atoms with Crippen molar-refractivity contribution in [2.75, 3.05) is 20.6 Å². The zero-order valence-electron chi connectivity index (χ0n) is 8.83. The van der Waals surface area contributed by atoms with Crippen LogP contribution in [-0.4, -0.2) is 25.5 Å². The highest BCUT2D eigenvalue weighted by atomic mass is 15.0. The minimum Gasteiger partial charge on any atom is -0.309 e. The highest BCUT2D eigenvalue weighted by Gasteiger charge is 2.00. The molecule has 1 aromatic carbocycles. The molecule has 0 saturated heterocycles. The maximum Gasteiger partial charge on any atom is 0.0994 e. The van der Waals surface area contributed by atoms with Crippen LogP contribution in [0.2, 0.25) is 0 Å². The largest absolute Gasteiger partial charge is 0.309 e. The second-order valence-electron chi connectivity index (χ2n) is 3.68. The van der Waals surface area contributed by atoms with E-state index in [0.717, 1.165) is 30.5 Å². The van der Waals surface area contributed by atoms with Crippen molar-refractivity contribution in [2.24, 2.45) is 0 Å². The van der Waals surface area contributed by atoms with E-state index in [1.165, 1.54) is 0 Å². The maximum absolute atomic E-state index is 8.87. The van der Waals surface area contributed by atoms with E-state index in [9.17, 15) is 0 Å². The summed E-state index contributed by atoms with van der Waals surface area (Å²) in [5.74, 6) is 0. The SMILES string of the molecule is CN(C)CCCc1ccccc1C#N. The first-order valence-electron chi connectivity index (χ1n) is 4.87. The van der Waals surface area contributed by atoms with Crippen molar-refractivity contribution in [1.29, 1.82) is 5.26 Å². The molecule has 2 heteroatoms. The minimum atomic E-state index is 0.811. The molecule has 0 unspecified atom stereocenters. The molecule has 0 spiro atoms. The van der Waals surface area contributed by atoms with Gasteiger partial charge < -0.3 is 4.90 Å². The normalized spacial score (nSPS) is 10.1. The molecule has 74 valence electrons. The van der Waals surface area contributed by atoms with E-state index in [1.807, 2.05) is 24.3 Å². The van der Waals surface area contributed by atoms with Gasteiger partial charge in [0.25, 0.3) is 0 Å². The molecule has 0 aromatic heterocycles. The quantitative estimate of drug-likeness (QED) is 0.723. The molecule has 0 heterocycles. The van der Waals surface area contributed by atoms with Crippen molar-refractivity contribution >= 4 is 0 Å². The third kappa shape index (κ3) is 3.20. The van der Waals surface area contributed by atoms with Crippen LogP contribution in [0.5, 0.6) is 0 Å². The van der Waals surface area contributed by atoms with Gasteiger partial charge in [0.15, 0.2) is 0 Å². The van der Waals surface area contributed by atoms with Crippen molar-refractivity contribution in [2.45, 2.75) is 12.8 Å². The lowest BCUT2D eigenvalue weighted by Crippen LogP contribution is -2.13. The number of hydrogen-bond acceptors (Lipinski definition) is 2. The van der Waals surface area contributed by atoms with E-state index in [-0.39, 0.29) is 0 Å². The van der Waals surface area contributed by atoms with E-state index in [0.29, 0.717) is 0 Å². The Morgan fingerprint density at radius 3 is 2.64 bits per heavy atom. The summed E-state index contributed by atoms with van der Waals surface area (Å²) < 4.78 is 0. The van der Waals surface area contributed by atoms with E-state index in [4.69, 9.17) is 5.26 Å². The summed E-state index contributed by atoms with van der Waals surface area (Å²) in [6, 6.07) is 10.0. The van der Waals surface area contributed by atoms with Gasteiger partial charge in [-0.25, -0.2) is 0 Å². The third-order valence-corrected chi connectivity index (χ3v) is 2.19. The topological polar surface area (TPSA) is 27.0 Å². The summed E-state index contributed by atoms with van der Waals surface area (Å²) >= 11 is 0. The average molecular weight is 188 g/mol. The standard InChI is InChI=1S/C12H16N2/c1-14(2)9-5-8-11-6-3-4-7-12(11)10-13/h3-4,6-7H,5,8-9H2,1-2H3. The average Bonchev–Trinajstić information content (AvgIpc) is 2.18. The molecule has 0 aliphatic rings. The number of rotatable bonds is 4. The smallest absolute Gasteiger partial charge is 0.0994 e. The summed E-state index contributed by atoms with van der Waals surface area (Å²) in [6.45, 7) is 1.07. The molecular formula is C12H16N2. The van der Waals surface area contributed by atoms with Crippen LogP contribution in [0.3, 0.4) is 0 Å². The molecule has 0 amide bonds. The number of benzene rings is 1. The summed E-state index contributed by atoms with van der Waals surface area (Å²) in [6.07, 6.45) is 2.09. The van der Waals surface area contributed by atoms with Crippen LogP contribution in [0, 0.1) is 11.3 Å². The molecule has 2 nitrogen and oxygen atoms in total. The van der Waals surface area contributed by atoms with Crippen LogP contribution in [0.1, 0.15) is 17.5 Å². The van der Waals surface area contributed by atoms with Gasteiger partial charge >= 0.3 is 0 Å². The third-order valence-electron chi connectivity index (χ3n) is 2.19. The molecule has 1 aromatic rings. The molecule has 0 atom stereocenters. The van der Waals surface area contributed by atoms with Crippen molar-refractivity contribution < 1.29 is 0 Å². The Balaban J connectivity index is 2.54. The van der Waals surface area contributed by atoms with Gasteiger partial charge in [-0.3, -0.25) is 0 Å². The second-order valence-corrected chi connectivity index (χ2v) is 3.68. The lowest BCUT2D eigenvalue weighted by atomic mass is 10.0. The Labute approximate surface area is 85.8 Å².